The molecule has 0 bridgehead atoms. The van der Waals surface area contributed by atoms with Crippen molar-refractivity contribution in [2.24, 2.45) is 0 Å². The highest BCUT2D eigenvalue weighted by atomic mass is 32.7. The molecule has 43 heavy (non-hydrogen) atoms. The van der Waals surface area contributed by atoms with Crippen molar-refractivity contribution >= 4 is 43.0 Å². The number of aromatic amines is 1. The van der Waals surface area contributed by atoms with Crippen molar-refractivity contribution in [2.75, 3.05) is 25.2 Å². The third-order valence-corrected chi connectivity index (χ3v) is 10.9. The van der Waals surface area contributed by atoms with Crippen molar-refractivity contribution in [1.29, 1.82) is 0 Å². The van der Waals surface area contributed by atoms with Crippen LogP contribution in [0.1, 0.15) is 12.5 Å². The lowest BCUT2D eigenvalue weighted by molar-refractivity contribution is -0.0559. The predicted molar refractivity (Wildman–Crippen MR) is 142 cm³/mol. The van der Waals surface area contributed by atoms with Crippen molar-refractivity contribution < 1.29 is 51.1 Å². The number of nitrogens with zero attached hydrogens (tertiary/aromatic N) is 5. The number of ether oxygens (including phenoxy) is 3. The number of phosphoric ester groups is 1. The van der Waals surface area contributed by atoms with E-state index in [-0.39, 0.29) is 17.0 Å². The van der Waals surface area contributed by atoms with Crippen LogP contribution in [-0.2, 0) is 36.9 Å². The van der Waals surface area contributed by atoms with Crippen LogP contribution in [0, 0.1) is 0 Å². The fraction of sp³-hybridized carbons (Fsp3) is 0.550. The minimum atomic E-state index is -4.98. The maximum Gasteiger partial charge on any atom is 0.472 e. The van der Waals surface area contributed by atoms with Crippen LogP contribution in [0.4, 0.5) is 10.2 Å². The quantitative estimate of drug-likeness (QED) is 0.265. The number of imidazole rings is 1. The monoisotopic (exact) mass is 667 g/mol. The summed E-state index contributed by atoms with van der Waals surface area (Å²) in [5, 5.41) is 0. The molecule has 3 fully saturated rings. The van der Waals surface area contributed by atoms with E-state index in [9.17, 15) is 28.5 Å². The number of anilines is 1. The van der Waals surface area contributed by atoms with Gasteiger partial charge in [0.2, 0.25) is 0 Å². The molecule has 10 atom stereocenters. The second-order valence-corrected chi connectivity index (χ2v) is 14.8. The maximum absolute atomic E-state index is 15.9. The summed E-state index contributed by atoms with van der Waals surface area (Å²) in [5.41, 5.74) is 4.50. The first kappa shape index (κ1) is 30.5. The largest absolute Gasteiger partial charge is 0.472 e. The molecule has 3 saturated heterocycles. The summed E-state index contributed by atoms with van der Waals surface area (Å²) in [6.45, 7) is -5.49. The molecule has 234 valence electrons. The van der Waals surface area contributed by atoms with E-state index < -0.39 is 87.4 Å². The van der Waals surface area contributed by atoms with Gasteiger partial charge in [0, 0.05) is 25.1 Å². The molecule has 0 radical (unpaired) electrons. The van der Waals surface area contributed by atoms with Gasteiger partial charge in [-0.05, 0) is 11.4 Å². The van der Waals surface area contributed by atoms with E-state index in [1.165, 1.54) is 18.0 Å². The van der Waals surface area contributed by atoms with E-state index in [2.05, 4.69) is 19.9 Å². The number of H-pyrrole nitrogens is 1. The number of halogens is 1. The van der Waals surface area contributed by atoms with Crippen molar-refractivity contribution in [3.8, 4) is 0 Å². The Balaban J connectivity index is 1.29. The number of methoxy groups -OCH3 is 1. The van der Waals surface area contributed by atoms with Crippen molar-refractivity contribution in [2.45, 2.75) is 49.1 Å². The van der Waals surface area contributed by atoms with Crippen LogP contribution >= 0.6 is 26.0 Å². The molecule has 2 unspecified atom stereocenters. The lowest BCUT2D eigenvalue weighted by atomic mass is 10.1. The molecule has 19 nitrogen and oxygen atoms in total. The zero-order chi connectivity index (χ0) is 30.7. The highest BCUT2D eigenvalue weighted by Crippen LogP contribution is 2.60. The fourth-order valence-electron chi connectivity index (χ4n) is 5.01. The van der Waals surface area contributed by atoms with Gasteiger partial charge in [-0.1, -0.05) is 0 Å². The first-order valence-electron chi connectivity index (χ1n) is 12.4. The van der Waals surface area contributed by atoms with Gasteiger partial charge in [-0.3, -0.25) is 32.5 Å². The Morgan fingerprint density at radius 3 is 2.63 bits per heavy atom. The Hall–Kier alpha value is -2.55. The van der Waals surface area contributed by atoms with Gasteiger partial charge >= 0.3 is 20.3 Å². The third kappa shape index (κ3) is 5.83. The lowest BCUT2D eigenvalue weighted by Crippen LogP contribution is -2.40. The summed E-state index contributed by atoms with van der Waals surface area (Å²) in [5.74, 6) is -0.388. The van der Waals surface area contributed by atoms with Gasteiger partial charge in [-0.15, -0.1) is 0 Å². The summed E-state index contributed by atoms with van der Waals surface area (Å²) in [4.78, 5) is 59.2. The standard InChI is InChI=1S/C20H24FN7O12P2S/c1-35-15-14-9(38-19(15)27-3-2-10(29)26-20(27)30)5-43-42(33,34)40-13-8(4-36-41(31,32)39-14)37-18(11(13)21)28-7-25-12-16(22)23-6-24-17(12)28/h2-3,6-9,11,13-15,18-19H,4-5H2,1H3,(H,31,32)(H,33,34)(H2,22,23,24)(H,26,29,30)/t8-,9-,11-,13-,14-,15-,18-,19-/m1/s1. The molecule has 0 spiro atoms. The van der Waals surface area contributed by atoms with E-state index in [1.807, 2.05) is 0 Å². The molecule has 0 aromatic carbocycles. The van der Waals surface area contributed by atoms with Gasteiger partial charge < -0.3 is 29.7 Å². The molecule has 0 saturated carbocycles. The summed E-state index contributed by atoms with van der Waals surface area (Å²) >= 11 is 0.333. The molecule has 6 rings (SSSR count). The molecule has 3 aromatic heterocycles. The van der Waals surface area contributed by atoms with E-state index in [0.29, 0.717) is 11.4 Å². The number of nitrogens with two attached hydrogens (primary N) is 1. The minimum Gasteiger partial charge on any atom is -0.382 e. The van der Waals surface area contributed by atoms with Gasteiger partial charge in [-0.25, -0.2) is 33.3 Å². The zero-order valence-electron chi connectivity index (χ0n) is 21.8. The molecule has 0 amide bonds. The van der Waals surface area contributed by atoms with E-state index in [0.717, 1.165) is 23.2 Å². The number of aromatic nitrogens is 6. The normalized spacial score (nSPS) is 38.7. The molecule has 0 aliphatic carbocycles. The number of fused-ring (bicyclic) bond motifs is 3. The summed E-state index contributed by atoms with van der Waals surface area (Å²) in [6, 6.07) is 1.04. The van der Waals surface area contributed by atoms with Crippen LogP contribution in [0.5, 0.6) is 0 Å². The number of hydrogen-bond donors (Lipinski definition) is 4. The Kier molecular flexibility index (Phi) is 8.10. The number of nitrogens with one attached hydrogen (secondary N) is 1. The van der Waals surface area contributed by atoms with E-state index >= 15 is 4.39 Å². The Morgan fingerprint density at radius 1 is 1.12 bits per heavy atom. The van der Waals surface area contributed by atoms with E-state index in [4.69, 9.17) is 33.5 Å². The number of phosphoric acid groups is 1. The third-order valence-electron chi connectivity index (χ3n) is 6.92. The zero-order valence-corrected chi connectivity index (χ0v) is 24.4. The Bertz CT molecular complexity index is 1740. The Morgan fingerprint density at radius 2 is 1.88 bits per heavy atom. The fourth-order valence-corrected chi connectivity index (χ4v) is 8.68. The number of alkyl halides is 1. The van der Waals surface area contributed by atoms with Crippen LogP contribution < -0.4 is 17.0 Å². The van der Waals surface area contributed by atoms with Crippen molar-refractivity contribution in [3.63, 3.8) is 0 Å². The first-order valence-corrected chi connectivity index (χ1v) is 17.1. The molecular weight excluding hydrogens is 643 g/mol. The second kappa shape index (κ2) is 11.4. The van der Waals surface area contributed by atoms with E-state index in [1.54, 1.807) is 0 Å². The molecule has 5 N–H and O–H groups in total. The number of hydrogen-bond acceptors (Lipinski definition) is 15. The maximum atomic E-state index is 15.9. The van der Waals surface area contributed by atoms with Gasteiger partial charge in [0.15, 0.2) is 30.1 Å². The smallest absolute Gasteiger partial charge is 0.382 e. The van der Waals surface area contributed by atoms with Crippen LogP contribution in [0.15, 0.2) is 34.5 Å². The lowest BCUT2D eigenvalue weighted by Gasteiger charge is -2.28. The number of rotatable bonds is 3. The van der Waals surface area contributed by atoms with Crippen LogP contribution in [0.25, 0.3) is 11.2 Å². The highest BCUT2D eigenvalue weighted by molar-refractivity contribution is 8.54. The molecule has 6 heterocycles. The van der Waals surface area contributed by atoms with Gasteiger partial charge in [0.05, 0.1) is 19.0 Å². The van der Waals surface area contributed by atoms with Crippen LogP contribution in [-0.4, -0.2) is 95.0 Å². The number of nitrogen functional groups attached to an aromatic ring is 1. The topological polar surface area (TPSA) is 254 Å². The molecule has 3 aromatic rings. The summed E-state index contributed by atoms with van der Waals surface area (Å²) in [6.07, 6.45) is -8.65. The first-order chi connectivity index (χ1) is 20.4. The van der Waals surface area contributed by atoms with Crippen LogP contribution in [0.3, 0.4) is 0 Å². The molecule has 3 aliphatic rings. The SMILES string of the molecule is CO[C@@H]1[C@@H]2OP(=O)(O)OC[C@H]3O[C@@H](n4cnc5c(N)ncnc54)[C@H](F)[C@@H]3OP(=O)(O)SC[C@H]2O[C@H]1n1ccc(=O)[nH]c1=O. The molecule has 3 aliphatic heterocycles. The van der Waals surface area contributed by atoms with Crippen molar-refractivity contribution in [1.82, 2.24) is 29.1 Å². The van der Waals surface area contributed by atoms with Crippen molar-refractivity contribution in [3.05, 3.63) is 45.8 Å². The predicted octanol–water partition coefficient (Wildman–Crippen LogP) is -0.159. The average molecular weight is 667 g/mol. The van der Waals surface area contributed by atoms with Gasteiger partial charge in [-0.2, -0.15) is 0 Å². The second-order valence-electron chi connectivity index (χ2n) is 9.54. The van der Waals surface area contributed by atoms with Gasteiger partial charge in [0.1, 0.15) is 36.3 Å². The molecular formula is C20H24FN7O12P2S. The molecule has 23 heteroatoms. The average Bonchev–Trinajstić information content (AvgIpc) is 3.60. The summed E-state index contributed by atoms with van der Waals surface area (Å²) < 4.78 is 77.1. The minimum absolute atomic E-state index is 0.0210. The summed E-state index contributed by atoms with van der Waals surface area (Å²) in [7, 11) is -3.77. The van der Waals surface area contributed by atoms with Gasteiger partial charge in [0.25, 0.3) is 5.56 Å². The van der Waals surface area contributed by atoms with Crippen LogP contribution in [0.2, 0.25) is 0 Å². The Labute approximate surface area is 243 Å². The highest BCUT2D eigenvalue weighted by Gasteiger charge is 2.54.